The molecule has 0 unspecified atom stereocenters. The molecule has 1 N–H and O–H groups in total. The van der Waals surface area contributed by atoms with E-state index in [2.05, 4.69) is 0 Å². The van der Waals surface area contributed by atoms with Crippen molar-refractivity contribution in [1.29, 1.82) is 0 Å². The first-order valence-corrected chi connectivity index (χ1v) is 10.6. The molecule has 1 saturated heterocycles. The van der Waals surface area contributed by atoms with E-state index in [1.165, 1.54) is 4.90 Å². The van der Waals surface area contributed by atoms with Gasteiger partial charge in [0, 0.05) is 25.8 Å². The Bertz CT molecular complexity index is 1010. The molecule has 2 aromatic rings. The fraction of sp³-hybridized carbons (Fsp3) is 0.360. The molecule has 0 aliphatic carbocycles. The van der Waals surface area contributed by atoms with Crippen molar-refractivity contribution in [2.75, 3.05) is 34.0 Å². The largest absolute Gasteiger partial charge is 0.507 e. The summed E-state index contributed by atoms with van der Waals surface area (Å²) in [5, 5.41) is 11.2. The number of carbonyl (C=O) groups is 2. The van der Waals surface area contributed by atoms with Crippen LogP contribution < -0.4 is 9.47 Å². The van der Waals surface area contributed by atoms with Gasteiger partial charge in [-0.3, -0.25) is 9.59 Å². The Morgan fingerprint density at radius 1 is 1.06 bits per heavy atom. The number of rotatable bonds is 9. The zero-order valence-corrected chi connectivity index (χ0v) is 18.9. The number of nitrogens with zero attached hydrogens (tertiary/aromatic N) is 1. The zero-order valence-electron chi connectivity index (χ0n) is 18.9. The monoisotopic (exact) mass is 439 g/mol. The topological polar surface area (TPSA) is 85.3 Å². The van der Waals surface area contributed by atoms with Crippen molar-refractivity contribution in [2.24, 2.45) is 0 Å². The van der Waals surface area contributed by atoms with E-state index in [4.69, 9.17) is 14.2 Å². The van der Waals surface area contributed by atoms with Gasteiger partial charge < -0.3 is 24.2 Å². The van der Waals surface area contributed by atoms with Crippen LogP contribution in [0.2, 0.25) is 0 Å². The van der Waals surface area contributed by atoms with Crippen LogP contribution in [0.1, 0.15) is 36.1 Å². The molecule has 7 nitrogen and oxygen atoms in total. The van der Waals surface area contributed by atoms with Crippen LogP contribution in [0.15, 0.2) is 48.0 Å². The molecule has 2 aromatic carbocycles. The summed E-state index contributed by atoms with van der Waals surface area (Å²) in [5.41, 5.74) is 2.01. The highest BCUT2D eigenvalue weighted by Crippen LogP contribution is 2.40. The predicted octanol–water partition coefficient (Wildman–Crippen LogP) is 3.86. The third kappa shape index (κ3) is 4.62. The van der Waals surface area contributed by atoms with Gasteiger partial charge in [0.15, 0.2) is 0 Å². The number of aryl methyl sites for hydroxylation is 1. The maximum absolute atomic E-state index is 13.1. The standard InChI is InChI=1S/C25H29NO6/c1-5-32-18-9-7-17(8-10-18)22-21(24(28)25(29)26(22)13-6-14-30-3)23(27)20-12-11-19(31-4)15-16(20)2/h7-12,15,22,27H,5-6,13-14H2,1-4H3/b23-21+/t22-/m0/s1. The number of likely N-dealkylation sites (tertiary alicyclic amines) is 1. The first kappa shape index (κ1) is 23.3. The highest BCUT2D eigenvalue weighted by molar-refractivity contribution is 6.46. The van der Waals surface area contributed by atoms with Crippen LogP contribution in [0.25, 0.3) is 5.76 Å². The minimum Gasteiger partial charge on any atom is -0.507 e. The predicted molar refractivity (Wildman–Crippen MR) is 121 cm³/mol. The molecule has 170 valence electrons. The van der Waals surface area contributed by atoms with Gasteiger partial charge >= 0.3 is 0 Å². The Morgan fingerprint density at radius 3 is 2.34 bits per heavy atom. The van der Waals surface area contributed by atoms with Crippen molar-refractivity contribution >= 4 is 17.4 Å². The molecule has 3 rings (SSSR count). The quantitative estimate of drug-likeness (QED) is 0.276. The summed E-state index contributed by atoms with van der Waals surface area (Å²) in [6.07, 6.45) is 0.568. The number of methoxy groups -OCH3 is 2. The zero-order chi connectivity index (χ0) is 23.3. The molecule has 0 bridgehead atoms. The summed E-state index contributed by atoms with van der Waals surface area (Å²) in [7, 11) is 3.15. The van der Waals surface area contributed by atoms with Crippen LogP contribution in [0.3, 0.4) is 0 Å². The molecular formula is C25H29NO6. The van der Waals surface area contributed by atoms with Gasteiger partial charge in [0.25, 0.3) is 11.7 Å². The minimum atomic E-state index is -0.705. The number of hydrogen-bond donors (Lipinski definition) is 1. The molecule has 0 saturated carbocycles. The van der Waals surface area contributed by atoms with E-state index in [0.717, 1.165) is 11.1 Å². The summed E-state index contributed by atoms with van der Waals surface area (Å²) < 4.78 is 15.9. The first-order chi connectivity index (χ1) is 15.4. The molecule has 1 fully saturated rings. The van der Waals surface area contributed by atoms with Gasteiger partial charge in [0.2, 0.25) is 0 Å². The SMILES string of the molecule is CCOc1ccc([C@H]2/C(=C(\O)c3ccc(OC)cc3C)C(=O)C(=O)N2CCCOC)cc1. The van der Waals surface area contributed by atoms with E-state index < -0.39 is 17.7 Å². The second-order valence-electron chi connectivity index (χ2n) is 7.52. The lowest BCUT2D eigenvalue weighted by Crippen LogP contribution is -2.31. The molecule has 32 heavy (non-hydrogen) atoms. The van der Waals surface area contributed by atoms with Crippen LogP contribution in [0.4, 0.5) is 0 Å². The van der Waals surface area contributed by atoms with Gasteiger partial charge in [-0.2, -0.15) is 0 Å². The number of Topliss-reactive ketones (excluding diaryl/α,β-unsaturated/α-hetero) is 1. The lowest BCUT2D eigenvalue weighted by molar-refractivity contribution is -0.140. The summed E-state index contributed by atoms with van der Waals surface area (Å²) in [6.45, 7) is 5.03. The Labute approximate surface area is 188 Å². The average Bonchev–Trinajstić information content (AvgIpc) is 3.04. The van der Waals surface area contributed by atoms with Gasteiger partial charge in [-0.1, -0.05) is 12.1 Å². The number of hydrogen-bond acceptors (Lipinski definition) is 6. The van der Waals surface area contributed by atoms with Crippen molar-refractivity contribution in [3.8, 4) is 11.5 Å². The fourth-order valence-corrected chi connectivity index (χ4v) is 3.92. The number of carbonyl (C=O) groups excluding carboxylic acids is 2. The van der Waals surface area contributed by atoms with Crippen molar-refractivity contribution < 1.29 is 28.9 Å². The van der Waals surface area contributed by atoms with E-state index in [1.54, 1.807) is 44.6 Å². The van der Waals surface area contributed by atoms with Gasteiger partial charge in [0.05, 0.1) is 25.3 Å². The molecule has 0 spiro atoms. The molecule has 0 radical (unpaired) electrons. The smallest absolute Gasteiger partial charge is 0.295 e. The lowest BCUT2D eigenvalue weighted by Gasteiger charge is -2.25. The van der Waals surface area contributed by atoms with Crippen LogP contribution in [0.5, 0.6) is 11.5 Å². The van der Waals surface area contributed by atoms with Crippen LogP contribution in [-0.4, -0.2) is 55.7 Å². The second-order valence-corrected chi connectivity index (χ2v) is 7.52. The highest BCUT2D eigenvalue weighted by atomic mass is 16.5. The van der Waals surface area contributed by atoms with E-state index in [1.807, 2.05) is 26.0 Å². The number of aliphatic hydroxyl groups is 1. The summed E-state index contributed by atoms with van der Waals surface area (Å²) in [5.74, 6) is -0.195. The van der Waals surface area contributed by atoms with E-state index in [9.17, 15) is 14.7 Å². The summed E-state index contributed by atoms with van der Waals surface area (Å²) in [6, 6.07) is 11.7. The van der Waals surface area contributed by atoms with Crippen molar-refractivity contribution in [1.82, 2.24) is 4.90 Å². The summed E-state index contributed by atoms with van der Waals surface area (Å²) >= 11 is 0. The van der Waals surface area contributed by atoms with Crippen molar-refractivity contribution in [3.63, 3.8) is 0 Å². The molecule has 1 amide bonds. The second kappa shape index (κ2) is 10.3. The van der Waals surface area contributed by atoms with Gasteiger partial charge in [0.1, 0.15) is 17.3 Å². The normalized spacial score (nSPS) is 17.6. The van der Waals surface area contributed by atoms with Crippen molar-refractivity contribution in [3.05, 3.63) is 64.7 Å². The van der Waals surface area contributed by atoms with E-state index in [0.29, 0.717) is 43.2 Å². The number of aliphatic hydroxyl groups excluding tert-OH is 1. The Balaban J connectivity index is 2.11. The molecule has 0 aromatic heterocycles. The number of ketones is 1. The highest BCUT2D eigenvalue weighted by Gasteiger charge is 2.45. The van der Waals surface area contributed by atoms with E-state index in [-0.39, 0.29) is 11.3 Å². The maximum Gasteiger partial charge on any atom is 0.295 e. The fourth-order valence-electron chi connectivity index (χ4n) is 3.92. The van der Waals surface area contributed by atoms with Crippen LogP contribution >= 0.6 is 0 Å². The lowest BCUT2D eigenvalue weighted by atomic mass is 9.93. The average molecular weight is 440 g/mol. The molecule has 1 aliphatic heterocycles. The van der Waals surface area contributed by atoms with Crippen molar-refractivity contribution in [2.45, 2.75) is 26.3 Å². The third-order valence-corrected chi connectivity index (χ3v) is 5.48. The molecule has 1 atom stereocenters. The number of ether oxygens (including phenoxy) is 3. The Hall–Kier alpha value is -3.32. The van der Waals surface area contributed by atoms with E-state index >= 15 is 0 Å². The molecule has 1 aliphatic rings. The Kier molecular flexibility index (Phi) is 7.53. The van der Waals surface area contributed by atoms with Gasteiger partial charge in [-0.05, 0) is 61.7 Å². The summed E-state index contributed by atoms with van der Waals surface area (Å²) in [4.78, 5) is 27.5. The maximum atomic E-state index is 13.1. The molecule has 1 heterocycles. The minimum absolute atomic E-state index is 0.0739. The van der Waals surface area contributed by atoms with Crippen LogP contribution in [-0.2, 0) is 14.3 Å². The third-order valence-electron chi connectivity index (χ3n) is 5.48. The first-order valence-electron chi connectivity index (χ1n) is 10.6. The van der Waals surface area contributed by atoms with Gasteiger partial charge in [-0.25, -0.2) is 0 Å². The molecular weight excluding hydrogens is 410 g/mol. The molecule has 7 heteroatoms. The number of amides is 1. The number of benzene rings is 2. The Morgan fingerprint density at radius 2 is 1.75 bits per heavy atom. The van der Waals surface area contributed by atoms with Gasteiger partial charge in [-0.15, -0.1) is 0 Å². The van der Waals surface area contributed by atoms with Crippen LogP contribution in [0, 0.1) is 6.92 Å².